The lowest BCUT2D eigenvalue weighted by Crippen LogP contribution is -2.08. The lowest BCUT2D eigenvalue weighted by molar-refractivity contribution is 0.0989. The Balaban J connectivity index is 2.37. The van der Waals surface area contributed by atoms with E-state index in [-0.39, 0.29) is 5.78 Å². The van der Waals surface area contributed by atoms with Gasteiger partial charge in [-0.3, -0.25) is 4.79 Å². The normalized spacial score (nSPS) is 10.3. The van der Waals surface area contributed by atoms with Crippen LogP contribution in [-0.4, -0.2) is 20.0 Å². The third kappa shape index (κ3) is 3.45. The molecular formula is C17H17BrO3. The fourth-order valence-electron chi connectivity index (χ4n) is 2.18. The van der Waals surface area contributed by atoms with Crippen molar-refractivity contribution in [2.45, 2.75) is 13.3 Å². The predicted octanol–water partition coefficient (Wildman–Crippen LogP) is 4.20. The molecule has 0 saturated heterocycles. The molecule has 0 unspecified atom stereocenters. The van der Waals surface area contributed by atoms with Crippen LogP contribution in [-0.2, 0) is 6.42 Å². The van der Waals surface area contributed by atoms with Crippen LogP contribution in [0.4, 0.5) is 0 Å². The van der Waals surface area contributed by atoms with E-state index in [0.29, 0.717) is 28.0 Å². The van der Waals surface area contributed by atoms with Gasteiger partial charge >= 0.3 is 0 Å². The van der Waals surface area contributed by atoms with E-state index >= 15 is 0 Å². The SMILES string of the molecule is COc1cc(Br)c(C(=O)Cc2ccccc2C)c(OC)c1. The number of rotatable bonds is 5. The molecule has 0 spiro atoms. The molecule has 110 valence electrons. The van der Waals surface area contributed by atoms with Gasteiger partial charge < -0.3 is 9.47 Å². The van der Waals surface area contributed by atoms with E-state index in [1.165, 1.54) is 0 Å². The fourth-order valence-corrected chi connectivity index (χ4v) is 2.82. The first-order valence-electron chi connectivity index (χ1n) is 6.56. The van der Waals surface area contributed by atoms with Gasteiger partial charge in [0, 0.05) is 17.0 Å². The van der Waals surface area contributed by atoms with Gasteiger partial charge in [-0.25, -0.2) is 0 Å². The van der Waals surface area contributed by atoms with Crippen molar-refractivity contribution >= 4 is 21.7 Å². The number of methoxy groups -OCH3 is 2. The van der Waals surface area contributed by atoms with Crippen LogP contribution in [0.15, 0.2) is 40.9 Å². The van der Waals surface area contributed by atoms with Crippen molar-refractivity contribution < 1.29 is 14.3 Å². The monoisotopic (exact) mass is 348 g/mol. The molecule has 0 heterocycles. The van der Waals surface area contributed by atoms with E-state index in [0.717, 1.165) is 11.1 Å². The maximum absolute atomic E-state index is 12.6. The summed E-state index contributed by atoms with van der Waals surface area (Å²) in [5.41, 5.74) is 2.67. The number of hydrogen-bond acceptors (Lipinski definition) is 3. The molecule has 0 aliphatic rings. The molecule has 3 nitrogen and oxygen atoms in total. The number of aryl methyl sites for hydroxylation is 1. The number of halogens is 1. The van der Waals surface area contributed by atoms with E-state index in [2.05, 4.69) is 15.9 Å². The van der Waals surface area contributed by atoms with Crippen LogP contribution in [0.5, 0.6) is 11.5 Å². The van der Waals surface area contributed by atoms with Gasteiger partial charge in [0.1, 0.15) is 11.5 Å². The summed E-state index contributed by atoms with van der Waals surface area (Å²) in [7, 11) is 3.13. The molecule has 0 bridgehead atoms. The van der Waals surface area contributed by atoms with Gasteiger partial charge in [-0.05, 0) is 40.0 Å². The summed E-state index contributed by atoms with van der Waals surface area (Å²) >= 11 is 3.43. The van der Waals surface area contributed by atoms with Crippen LogP contribution in [0.3, 0.4) is 0 Å². The topological polar surface area (TPSA) is 35.5 Å². The Morgan fingerprint density at radius 2 is 1.86 bits per heavy atom. The second-order valence-corrected chi connectivity index (χ2v) is 5.57. The highest BCUT2D eigenvalue weighted by Gasteiger charge is 2.18. The van der Waals surface area contributed by atoms with Gasteiger partial charge in [0.25, 0.3) is 0 Å². The van der Waals surface area contributed by atoms with Crippen LogP contribution in [0.25, 0.3) is 0 Å². The fraction of sp³-hybridized carbons (Fsp3) is 0.235. The highest BCUT2D eigenvalue weighted by atomic mass is 79.9. The van der Waals surface area contributed by atoms with Gasteiger partial charge in [0.2, 0.25) is 0 Å². The molecule has 0 atom stereocenters. The number of Topliss-reactive ketones (excluding diaryl/α,β-unsaturated/α-hetero) is 1. The second-order valence-electron chi connectivity index (χ2n) is 4.71. The van der Waals surface area contributed by atoms with Crippen molar-refractivity contribution in [2.24, 2.45) is 0 Å². The Morgan fingerprint density at radius 3 is 2.48 bits per heavy atom. The number of ether oxygens (including phenoxy) is 2. The molecule has 4 heteroatoms. The zero-order chi connectivity index (χ0) is 15.4. The lowest BCUT2D eigenvalue weighted by atomic mass is 9.99. The van der Waals surface area contributed by atoms with E-state index in [9.17, 15) is 4.79 Å². The van der Waals surface area contributed by atoms with E-state index in [1.54, 1.807) is 26.4 Å². The van der Waals surface area contributed by atoms with Gasteiger partial charge in [0.05, 0.1) is 19.8 Å². The number of benzene rings is 2. The Hall–Kier alpha value is -1.81. The van der Waals surface area contributed by atoms with Crippen molar-refractivity contribution in [3.05, 3.63) is 57.6 Å². The third-order valence-electron chi connectivity index (χ3n) is 3.37. The van der Waals surface area contributed by atoms with Crippen molar-refractivity contribution in [1.82, 2.24) is 0 Å². The molecule has 0 N–H and O–H groups in total. The summed E-state index contributed by atoms with van der Waals surface area (Å²) in [6.45, 7) is 2.00. The molecule has 0 amide bonds. The molecule has 0 aromatic heterocycles. The minimum Gasteiger partial charge on any atom is -0.497 e. The summed E-state index contributed by atoms with van der Waals surface area (Å²) < 4.78 is 11.2. The molecular weight excluding hydrogens is 332 g/mol. The molecule has 21 heavy (non-hydrogen) atoms. The summed E-state index contributed by atoms with van der Waals surface area (Å²) in [6, 6.07) is 11.4. The zero-order valence-corrected chi connectivity index (χ0v) is 13.9. The summed E-state index contributed by atoms with van der Waals surface area (Å²) in [6.07, 6.45) is 0.341. The van der Waals surface area contributed by atoms with Crippen molar-refractivity contribution in [1.29, 1.82) is 0 Å². The molecule has 0 fully saturated rings. The Morgan fingerprint density at radius 1 is 1.14 bits per heavy atom. The third-order valence-corrected chi connectivity index (χ3v) is 4.00. The molecule has 0 radical (unpaired) electrons. The summed E-state index contributed by atoms with van der Waals surface area (Å²) in [4.78, 5) is 12.6. The van der Waals surface area contributed by atoms with Crippen LogP contribution in [0.1, 0.15) is 21.5 Å². The minimum absolute atomic E-state index is 0.00989. The van der Waals surface area contributed by atoms with E-state index in [4.69, 9.17) is 9.47 Å². The second kappa shape index (κ2) is 6.76. The maximum Gasteiger partial charge on any atom is 0.172 e. The summed E-state index contributed by atoms with van der Waals surface area (Å²) in [5.74, 6) is 1.17. The molecule has 0 aliphatic heterocycles. The number of carbonyl (C=O) groups is 1. The Bertz CT molecular complexity index is 665. The highest BCUT2D eigenvalue weighted by molar-refractivity contribution is 9.10. The van der Waals surface area contributed by atoms with Crippen LogP contribution >= 0.6 is 15.9 Å². The first-order valence-corrected chi connectivity index (χ1v) is 7.35. The quantitative estimate of drug-likeness (QED) is 0.759. The molecule has 2 aromatic carbocycles. The minimum atomic E-state index is 0.00989. The predicted molar refractivity (Wildman–Crippen MR) is 86.5 cm³/mol. The summed E-state index contributed by atoms with van der Waals surface area (Å²) in [5, 5.41) is 0. The van der Waals surface area contributed by atoms with Crippen molar-refractivity contribution in [2.75, 3.05) is 14.2 Å². The molecule has 0 aliphatic carbocycles. The number of hydrogen-bond donors (Lipinski definition) is 0. The average Bonchev–Trinajstić information content (AvgIpc) is 2.48. The smallest absolute Gasteiger partial charge is 0.172 e. The van der Waals surface area contributed by atoms with Gasteiger partial charge in [-0.1, -0.05) is 24.3 Å². The van der Waals surface area contributed by atoms with Crippen molar-refractivity contribution in [3.8, 4) is 11.5 Å². The van der Waals surface area contributed by atoms with Crippen molar-refractivity contribution in [3.63, 3.8) is 0 Å². The van der Waals surface area contributed by atoms with E-state index < -0.39 is 0 Å². The van der Waals surface area contributed by atoms with E-state index in [1.807, 2.05) is 31.2 Å². The Labute approximate surface area is 133 Å². The average molecular weight is 349 g/mol. The molecule has 2 aromatic rings. The first kappa shape index (κ1) is 15.6. The van der Waals surface area contributed by atoms with Crippen LogP contribution in [0.2, 0.25) is 0 Å². The Kier molecular flexibility index (Phi) is 5.02. The first-order chi connectivity index (χ1) is 10.1. The van der Waals surface area contributed by atoms with Gasteiger partial charge in [-0.15, -0.1) is 0 Å². The molecule has 0 saturated carbocycles. The van der Waals surface area contributed by atoms with Gasteiger partial charge in [-0.2, -0.15) is 0 Å². The van der Waals surface area contributed by atoms with Gasteiger partial charge in [0.15, 0.2) is 5.78 Å². The standard InChI is InChI=1S/C17H17BrO3/c1-11-6-4-5-7-12(11)8-15(19)17-14(18)9-13(20-2)10-16(17)21-3/h4-7,9-10H,8H2,1-3H3. The number of carbonyl (C=O) groups excluding carboxylic acids is 1. The highest BCUT2D eigenvalue weighted by Crippen LogP contribution is 2.33. The largest absolute Gasteiger partial charge is 0.497 e. The lowest BCUT2D eigenvalue weighted by Gasteiger charge is -2.12. The van der Waals surface area contributed by atoms with Crippen LogP contribution < -0.4 is 9.47 Å². The molecule has 2 rings (SSSR count). The maximum atomic E-state index is 12.6. The van der Waals surface area contributed by atoms with Crippen LogP contribution in [0, 0.1) is 6.92 Å². The zero-order valence-electron chi connectivity index (χ0n) is 12.3. The number of ketones is 1.